The Labute approximate surface area is 106 Å². The number of nitrogens with one attached hydrogen (secondary N) is 1. The Morgan fingerprint density at radius 2 is 2.12 bits per heavy atom. The zero-order valence-electron chi connectivity index (χ0n) is 8.30. The summed E-state index contributed by atoms with van der Waals surface area (Å²) in [5.74, 6) is -0.784. The first-order valence-corrected chi connectivity index (χ1v) is 5.70. The summed E-state index contributed by atoms with van der Waals surface area (Å²) in [5, 5.41) is 2.90. The maximum absolute atomic E-state index is 11.6. The Morgan fingerprint density at radius 1 is 1.44 bits per heavy atom. The first kappa shape index (κ1) is 13.0. The number of amides is 2. The fraction of sp³-hybridized carbons (Fsp3) is 0.200. The fourth-order valence-corrected chi connectivity index (χ4v) is 1.65. The highest BCUT2D eigenvalue weighted by Gasteiger charge is 2.11. The summed E-state index contributed by atoms with van der Waals surface area (Å²) in [6.07, 6.45) is 0.108. The van der Waals surface area contributed by atoms with Crippen LogP contribution in [0.2, 0.25) is 5.02 Å². The predicted octanol–water partition coefficient (Wildman–Crippen LogP) is 1.71. The van der Waals surface area contributed by atoms with Gasteiger partial charge in [-0.25, -0.2) is 0 Å². The number of benzene rings is 1. The van der Waals surface area contributed by atoms with Crippen LogP contribution in [-0.4, -0.2) is 18.4 Å². The van der Waals surface area contributed by atoms with Crippen LogP contribution >= 0.6 is 27.5 Å². The summed E-state index contributed by atoms with van der Waals surface area (Å²) in [6, 6.07) is 5.05. The lowest BCUT2D eigenvalue weighted by molar-refractivity contribution is -0.117. The van der Waals surface area contributed by atoms with Gasteiger partial charge in [0.1, 0.15) is 0 Å². The second-order valence-electron chi connectivity index (χ2n) is 3.07. The molecule has 1 rings (SSSR count). The standard InChI is InChI=1S/C10H10BrClN2O2/c11-7-3-1-2-6(9(7)12)10(16)14-5-4-8(13)15/h1-3H,4-5H2,(H2,13,15)(H,14,16). The predicted molar refractivity (Wildman–Crippen MR) is 65.3 cm³/mol. The van der Waals surface area contributed by atoms with Crippen molar-refractivity contribution in [1.29, 1.82) is 0 Å². The van der Waals surface area contributed by atoms with E-state index in [1.807, 2.05) is 0 Å². The van der Waals surface area contributed by atoms with Gasteiger partial charge in [-0.1, -0.05) is 17.7 Å². The third kappa shape index (κ3) is 3.50. The van der Waals surface area contributed by atoms with Crippen LogP contribution < -0.4 is 11.1 Å². The van der Waals surface area contributed by atoms with E-state index in [0.717, 1.165) is 0 Å². The van der Waals surface area contributed by atoms with E-state index in [9.17, 15) is 9.59 Å². The van der Waals surface area contributed by atoms with E-state index >= 15 is 0 Å². The lowest BCUT2D eigenvalue weighted by Crippen LogP contribution is -2.28. The highest BCUT2D eigenvalue weighted by Crippen LogP contribution is 2.25. The average Bonchev–Trinajstić information content (AvgIpc) is 2.21. The number of rotatable bonds is 4. The normalized spacial score (nSPS) is 9.88. The maximum atomic E-state index is 11.6. The van der Waals surface area contributed by atoms with Crippen LogP contribution in [0.5, 0.6) is 0 Å². The molecule has 4 nitrogen and oxygen atoms in total. The molecule has 0 heterocycles. The quantitative estimate of drug-likeness (QED) is 0.889. The van der Waals surface area contributed by atoms with Gasteiger partial charge in [-0.3, -0.25) is 9.59 Å². The number of carbonyl (C=O) groups excluding carboxylic acids is 2. The smallest absolute Gasteiger partial charge is 0.252 e. The molecule has 0 aliphatic carbocycles. The van der Waals surface area contributed by atoms with Gasteiger partial charge in [0.15, 0.2) is 0 Å². The van der Waals surface area contributed by atoms with E-state index in [2.05, 4.69) is 21.2 Å². The fourth-order valence-electron chi connectivity index (χ4n) is 1.07. The molecule has 6 heteroatoms. The van der Waals surface area contributed by atoms with Crippen LogP contribution in [-0.2, 0) is 4.79 Å². The minimum absolute atomic E-state index is 0.108. The molecule has 0 aliphatic rings. The lowest BCUT2D eigenvalue weighted by Gasteiger charge is -2.06. The highest BCUT2D eigenvalue weighted by molar-refractivity contribution is 9.10. The van der Waals surface area contributed by atoms with Crippen LogP contribution in [0.25, 0.3) is 0 Å². The third-order valence-electron chi connectivity index (χ3n) is 1.85. The van der Waals surface area contributed by atoms with Crippen molar-refractivity contribution in [2.75, 3.05) is 6.54 Å². The van der Waals surface area contributed by atoms with E-state index in [4.69, 9.17) is 17.3 Å². The monoisotopic (exact) mass is 304 g/mol. The van der Waals surface area contributed by atoms with Gasteiger partial charge in [-0.15, -0.1) is 0 Å². The van der Waals surface area contributed by atoms with Crippen LogP contribution in [0.4, 0.5) is 0 Å². The molecular formula is C10H10BrClN2O2. The Kier molecular flexibility index (Phi) is 4.76. The van der Waals surface area contributed by atoms with Gasteiger partial charge in [0.2, 0.25) is 5.91 Å². The van der Waals surface area contributed by atoms with E-state index < -0.39 is 5.91 Å². The minimum Gasteiger partial charge on any atom is -0.370 e. The maximum Gasteiger partial charge on any atom is 0.252 e. The number of hydrogen-bond donors (Lipinski definition) is 2. The number of halogens is 2. The van der Waals surface area contributed by atoms with E-state index in [1.165, 1.54) is 0 Å². The Hall–Kier alpha value is -1.07. The molecule has 0 aliphatic heterocycles. The molecule has 0 fully saturated rings. The minimum atomic E-state index is -0.458. The van der Waals surface area contributed by atoms with Gasteiger partial charge in [-0.2, -0.15) is 0 Å². The summed E-state index contributed by atoms with van der Waals surface area (Å²) >= 11 is 9.15. The zero-order valence-corrected chi connectivity index (χ0v) is 10.6. The molecule has 0 radical (unpaired) electrons. The first-order valence-electron chi connectivity index (χ1n) is 4.53. The molecule has 0 saturated heterocycles. The van der Waals surface area contributed by atoms with Crippen LogP contribution in [0.3, 0.4) is 0 Å². The average molecular weight is 306 g/mol. The zero-order chi connectivity index (χ0) is 12.1. The molecule has 2 amide bonds. The first-order chi connectivity index (χ1) is 7.52. The molecule has 0 aromatic heterocycles. The van der Waals surface area contributed by atoms with Crippen molar-refractivity contribution in [3.8, 4) is 0 Å². The van der Waals surface area contributed by atoms with Crippen LogP contribution in [0, 0.1) is 0 Å². The molecule has 3 N–H and O–H groups in total. The summed E-state index contributed by atoms with van der Waals surface area (Å²) in [4.78, 5) is 22.1. The third-order valence-corrected chi connectivity index (χ3v) is 3.15. The van der Waals surface area contributed by atoms with Gasteiger partial charge in [-0.05, 0) is 28.1 Å². The molecule has 86 valence electrons. The summed E-state index contributed by atoms with van der Waals surface area (Å²) < 4.78 is 0.650. The SMILES string of the molecule is NC(=O)CCNC(=O)c1cccc(Br)c1Cl. The van der Waals surface area contributed by atoms with Crippen molar-refractivity contribution in [2.24, 2.45) is 5.73 Å². The van der Waals surface area contributed by atoms with Crippen molar-refractivity contribution < 1.29 is 9.59 Å². The topological polar surface area (TPSA) is 72.2 Å². The largest absolute Gasteiger partial charge is 0.370 e. The molecular weight excluding hydrogens is 295 g/mol. The molecule has 0 spiro atoms. The number of carbonyl (C=O) groups is 2. The molecule has 0 atom stereocenters. The summed E-state index contributed by atoms with van der Waals surface area (Å²) in [6.45, 7) is 0.205. The molecule has 16 heavy (non-hydrogen) atoms. The van der Waals surface area contributed by atoms with Gasteiger partial charge in [0.25, 0.3) is 5.91 Å². The van der Waals surface area contributed by atoms with Crippen LogP contribution in [0.15, 0.2) is 22.7 Å². The Bertz CT molecular complexity index is 423. The molecule has 0 saturated carbocycles. The highest BCUT2D eigenvalue weighted by atomic mass is 79.9. The van der Waals surface area contributed by atoms with Gasteiger partial charge in [0.05, 0.1) is 10.6 Å². The summed E-state index contributed by atoms with van der Waals surface area (Å²) in [7, 11) is 0. The molecule has 1 aromatic carbocycles. The number of nitrogens with two attached hydrogens (primary N) is 1. The Morgan fingerprint density at radius 3 is 2.75 bits per heavy atom. The molecule has 0 unspecified atom stereocenters. The summed E-state index contributed by atoms with van der Waals surface area (Å²) in [5.41, 5.74) is 5.31. The van der Waals surface area contributed by atoms with Crippen molar-refractivity contribution in [3.63, 3.8) is 0 Å². The van der Waals surface area contributed by atoms with Crippen molar-refractivity contribution >= 4 is 39.3 Å². The second-order valence-corrected chi connectivity index (χ2v) is 4.31. The number of hydrogen-bond acceptors (Lipinski definition) is 2. The van der Waals surface area contributed by atoms with Crippen LogP contribution in [0.1, 0.15) is 16.8 Å². The van der Waals surface area contributed by atoms with Gasteiger partial charge >= 0.3 is 0 Å². The van der Waals surface area contributed by atoms with Gasteiger partial charge in [0, 0.05) is 17.4 Å². The second kappa shape index (κ2) is 5.86. The van der Waals surface area contributed by atoms with Crippen molar-refractivity contribution in [2.45, 2.75) is 6.42 Å². The van der Waals surface area contributed by atoms with Crippen molar-refractivity contribution in [3.05, 3.63) is 33.3 Å². The number of primary amides is 1. The Balaban J connectivity index is 2.66. The lowest BCUT2D eigenvalue weighted by atomic mass is 10.2. The molecule has 0 bridgehead atoms. The van der Waals surface area contributed by atoms with Crippen molar-refractivity contribution in [1.82, 2.24) is 5.32 Å². The molecule has 1 aromatic rings. The van der Waals surface area contributed by atoms with E-state index in [-0.39, 0.29) is 18.9 Å². The van der Waals surface area contributed by atoms with E-state index in [0.29, 0.717) is 15.1 Å². The van der Waals surface area contributed by atoms with Gasteiger partial charge < -0.3 is 11.1 Å². The van der Waals surface area contributed by atoms with E-state index in [1.54, 1.807) is 18.2 Å².